The Labute approximate surface area is 169 Å². The van der Waals surface area contributed by atoms with E-state index in [9.17, 15) is 13.9 Å². The van der Waals surface area contributed by atoms with E-state index in [0.29, 0.717) is 18.7 Å². The highest BCUT2D eigenvalue weighted by atomic mass is 32.3. The molecule has 6 nitrogen and oxygen atoms in total. The number of carbonyl (C=O) groups excluding carboxylic acids is 1. The van der Waals surface area contributed by atoms with E-state index in [1.807, 2.05) is 71.4 Å². The molecule has 0 saturated carbocycles. The number of carbonyl (C=O) groups is 1. The zero-order valence-electron chi connectivity index (χ0n) is 15.7. The van der Waals surface area contributed by atoms with Gasteiger partial charge in [-0.1, -0.05) is 54.6 Å². The van der Waals surface area contributed by atoms with Gasteiger partial charge >= 0.3 is 0 Å². The van der Waals surface area contributed by atoms with Gasteiger partial charge in [-0.05, 0) is 5.39 Å². The highest BCUT2D eigenvalue weighted by molar-refractivity contribution is 8.24. The predicted molar refractivity (Wildman–Crippen MR) is 117 cm³/mol. The molecule has 0 radical (unpaired) electrons. The van der Waals surface area contributed by atoms with Gasteiger partial charge in [0.15, 0.2) is 0 Å². The van der Waals surface area contributed by atoms with Gasteiger partial charge in [0.05, 0.1) is 28.8 Å². The van der Waals surface area contributed by atoms with Crippen LogP contribution in [0.5, 0.6) is 0 Å². The highest BCUT2D eigenvalue weighted by Gasteiger charge is 2.27. The normalized spacial score (nSPS) is 17.5. The van der Waals surface area contributed by atoms with Crippen LogP contribution in [0, 0.1) is 0 Å². The lowest BCUT2D eigenvalue weighted by Crippen LogP contribution is -2.42. The first-order chi connectivity index (χ1) is 14.0. The maximum Gasteiger partial charge on any atom is 0.256 e. The Hall–Kier alpha value is -2.87. The molecule has 1 amide bonds. The number of nitrogens with zero attached hydrogens (tertiary/aromatic N) is 3. The Morgan fingerprint density at radius 2 is 1.59 bits per heavy atom. The van der Waals surface area contributed by atoms with Crippen LogP contribution in [0.25, 0.3) is 27.7 Å². The van der Waals surface area contributed by atoms with Crippen molar-refractivity contribution in [3.05, 3.63) is 72.6 Å². The molecule has 2 aromatic carbocycles. The average molecular weight is 407 g/mol. The molecule has 1 saturated heterocycles. The summed E-state index contributed by atoms with van der Waals surface area (Å²) >= 11 is 0. The third-order valence-corrected chi connectivity index (χ3v) is 7.15. The molecule has 29 heavy (non-hydrogen) atoms. The Bertz CT molecular complexity index is 1210. The average Bonchev–Trinajstić information content (AvgIpc) is 3.17. The van der Waals surface area contributed by atoms with Crippen LogP contribution in [0.4, 0.5) is 0 Å². The monoisotopic (exact) mass is 407 g/mol. The van der Waals surface area contributed by atoms with Crippen LogP contribution in [-0.2, 0) is 0 Å². The van der Waals surface area contributed by atoms with Crippen LogP contribution >= 0.6 is 10.6 Å². The van der Waals surface area contributed by atoms with E-state index in [1.54, 1.807) is 4.90 Å². The zero-order chi connectivity index (χ0) is 20.0. The topological polar surface area (TPSA) is 78.1 Å². The van der Waals surface area contributed by atoms with Crippen LogP contribution in [0.1, 0.15) is 10.4 Å². The minimum Gasteiger partial charge on any atom is -0.335 e. The van der Waals surface area contributed by atoms with Gasteiger partial charge in [0.2, 0.25) is 0 Å². The van der Waals surface area contributed by atoms with E-state index >= 15 is 0 Å². The van der Waals surface area contributed by atoms with Gasteiger partial charge in [0.1, 0.15) is 5.82 Å². The molecule has 0 bridgehead atoms. The molecule has 0 atom stereocenters. The number of fused-ring (bicyclic) bond motifs is 3. The van der Waals surface area contributed by atoms with E-state index < -0.39 is 10.6 Å². The van der Waals surface area contributed by atoms with Crippen LogP contribution < -0.4 is 0 Å². The van der Waals surface area contributed by atoms with Crippen LogP contribution in [-0.4, -0.2) is 53.9 Å². The number of pyridine rings is 1. The van der Waals surface area contributed by atoms with E-state index in [0.717, 1.165) is 27.7 Å². The standard InChI is InChI=1S/C22H21N3O3S/c26-22(24-10-12-29(27,28)13-11-24)19-15-25-20(18-9-5-4-8-17(18)19)14-23-21(25)16-6-2-1-3-7-16/h1-9,14-15,27-28H,10-13H2. The number of hydrogen-bond donors (Lipinski definition) is 2. The maximum absolute atomic E-state index is 13.4. The summed E-state index contributed by atoms with van der Waals surface area (Å²) in [5.74, 6) is 1.16. The summed E-state index contributed by atoms with van der Waals surface area (Å²) in [7, 11) is -2.55. The molecule has 1 aliphatic rings. The molecule has 0 aliphatic carbocycles. The highest BCUT2D eigenvalue weighted by Crippen LogP contribution is 2.40. The predicted octanol–water partition coefficient (Wildman–Crippen LogP) is 4.36. The SMILES string of the molecule is O=C(c1cn2c(-c3ccccc3)ncc2c2ccccc12)N1CCS(O)(O)CC1. The van der Waals surface area contributed by atoms with Gasteiger partial charge < -0.3 is 4.90 Å². The second-order valence-electron chi connectivity index (χ2n) is 7.29. The molecule has 2 aromatic heterocycles. The molecule has 2 N–H and O–H groups in total. The molecule has 148 valence electrons. The molecular weight excluding hydrogens is 386 g/mol. The summed E-state index contributed by atoms with van der Waals surface area (Å²) in [6.07, 6.45) is 3.71. The first kappa shape index (κ1) is 18.2. The van der Waals surface area contributed by atoms with Gasteiger partial charge in [-0.3, -0.25) is 18.3 Å². The van der Waals surface area contributed by atoms with Crippen molar-refractivity contribution in [3.8, 4) is 11.4 Å². The lowest BCUT2D eigenvalue weighted by Gasteiger charge is -2.41. The van der Waals surface area contributed by atoms with Crippen molar-refractivity contribution in [2.45, 2.75) is 0 Å². The number of rotatable bonds is 2. The third-order valence-electron chi connectivity index (χ3n) is 5.47. The largest absolute Gasteiger partial charge is 0.335 e. The Morgan fingerprint density at radius 1 is 0.931 bits per heavy atom. The second-order valence-corrected chi connectivity index (χ2v) is 9.71. The minimum absolute atomic E-state index is 0.0919. The molecule has 5 rings (SSSR count). The summed E-state index contributed by atoms with van der Waals surface area (Å²) in [5, 5.41) is 1.84. The smallest absolute Gasteiger partial charge is 0.256 e. The summed E-state index contributed by atoms with van der Waals surface area (Å²) in [6.45, 7) is 0.700. The molecule has 3 heterocycles. The fraction of sp³-hybridized carbons (Fsp3) is 0.182. The summed E-state index contributed by atoms with van der Waals surface area (Å²) < 4.78 is 21.7. The van der Waals surface area contributed by atoms with Crippen molar-refractivity contribution < 1.29 is 13.9 Å². The zero-order valence-corrected chi connectivity index (χ0v) is 16.5. The van der Waals surface area contributed by atoms with Crippen molar-refractivity contribution in [3.63, 3.8) is 0 Å². The maximum atomic E-state index is 13.4. The molecule has 1 fully saturated rings. The minimum atomic E-state index is -2.55. The lowest BCUT2D eigenvalue weighted by molar-refractivity contribution is 0.0769. The van der Waals surface area contributed by atoms with Gasteiger partial charge in [-0.15, -0.1) is 0 Å². The van der Waals surface area contributed by atoms with Gasteiger partial charge in [0.25, 0.3) is 5.91 Å². The van der Waals surface area contributed by atoms with Crippen molar-refractivity contribution in [2.24, 2.45) is 0 Å². The fourth-order valence-corrected chi connectivity index (χ4v) is 5.13. The molecule has 0 unspecified atom stereocenters. The molecule has 1 aliphatic heterocycles. The molecule has 7 heteroatoms. The van der Waals surface area contributed by atoms with E-state index in [-0.39, 0.29) is 17.4 Å². The quantitative estimate of drug-likeness (QED) is 0.518. The number of benzene rings is 2. The second kappa shape index (κ2) is 6.88. The van der Waals surface area contributed by atoms with E-state index in [1.165, 1.54) is 0 Å². The van der Waals surface area contributed by atoms with E-state index in [2.05, 4.69) is 4.98 Å². The van der Waals surface area contributed by atoms with Gasteiger partial charge in [0, 0.05) is 30.2 Å². The van der Waals surface area contributed by atoms with Crippen molar-refractivity contribution in [1.29, 1.82) is 0 Å². The number of amides is 1. The van der Waals surface area contributed by atoms with Crippen LogP contribution in [0.2, 0.25) is 0 Å². The summed E-state index contributed by atoms with van der Waals surface area (Å²) in [4.78, 5) is 19.7. The molecule has 0 spiro atoms. The first-order valence-corrected chi connectivity index (χ1v) is 11.4. The van der Waals surface area contributed by atoms with Gasteiger partial charge in [-0.2, -0.15) is 10.6 Å². The van der Waals surface area contributed by atoms with Crippen molar-refractivity contribution >= 4 is 32.8 Å². The number of aromatic nitrogens is 2. The van der Waals surface area contributed by atoms with Crippen molar-refractivity contribution in [2.75, 3.05) is 24.6 Å². The van der Waals surface area contributed by atoms with Crippen molar-refractivity contribution in [1.82, 2.24) is 14.3 Å². The van der Waals surface area contributed by atoms with Crippen LogP contribution in [0.15, 0.2) is 67.0 Å². The van der Waals surface area contributed by atoms with Crippen LogP contribution in [0.3, 0.4) is 0 Å². The lowest BCUT2D eigenvalue weighted by atomic mass is 10.0. The Morgan fingerprint density at radius 3 is 2.31 bits per heavy atom. The summed E-state index contributed by atoms with van der Waals surface area (Å²) in [5.41, 5.74) is 2.53. The third kappa shape index (κ3) is 3.17. The first-order valence-electron chi connectivity index (χ1n) is 9.51. The fourth-order valence-electron chi connectivity index (χ4n) is 3.90. The summed E-state index contributed by atoms with van der Waals surface area (Å²) in [6, 6.07) is 17.7. The number of imidazole rings is 1. The number of hydrogen-bond acceptors (Lipinski definition) is 4. The Balaban J connectivity index is 1.67. The van der Waals surface area contributed by atoms with E-state index in [4.69, 9.17) is 0 Å². The molecule has 4 aromatic rings. The van der Waals surface area contributed by atoms with Gasteiger partial charge in [-0.25, -0.2) is 4.98 Å². The molecular formula is C22H21N3O3S. The Kier molecular flexibility index (Phi) is 4.31.